The van der Waals surface area contributed by atoms with E-state index in [9.17, 15) is 18.0 Å². The number of carbonyl (C=O) groups excluding carboxylic acids is 2. The average molecular weight is 632 g/mol. The van der Waals surface area contributed by atoms with Crippen LogP contribution in [0.3, 0.4) is 0 Å². The van der Waals surface area contributed by atoms with Crippen LogP contribution in [0.2, 0.25) is 0 Å². The molecule has 0 unspecified atom stereocenters. The highest BCUT2D eigenvalue weighted by Gasteiger charge is 2.36. The third-order valence-corrected chi connectivity index (χ3v) is 8.83. The van der Waals surface area contributed by atoms with Gasteiger partial charge in [-0.05, 0) is 68.8 Å². The molecule has 0 saturated carbocycles. The number of halogens is 1. The molecule has 0 fully saturated rings. The van der Waals surface area contributed by atoms with Gasteiger partial charge in [-0.3, -0.25) is 13.9 Å². The van der Waals surface area contributed by atoms with Gasteiger partial charge in [0.15, 0.2) is 0 Å². The zero-order valence-corrected chi connectivity index (χ0v) is 26.6. The number of amides is 2. The highest BCUT2D eigenvalue weighted by molar-refractivity contribution is 7.92. The fourth-order valence-corrected chi connectivity index (χ4v) is 6.25. The Morgan fingerprint density at radius 3 is 2.00 bits per heavy atom. The van der Waals surface area contributed by atoms with E-state index < -0.39 is 45.8 Å². The molecule has 0 radical (unpaired) electrons. The van der Waals surface area contributed by atoms with E-state index in [-0.39, 0.29) is 29.1 Å². The standard InChI is InChI=1S/C35H38FN3O5S/c1-35(2,3)37-34(41)32(23-26-13-7-5-8-14-26)38(24-27-15-11-12-18-31(27)36)33(40)25-39(28-19-21-29(44-4)22-20-28)45(42,43)30-16-9-6-10-17-30/h5-22,32H,23-25H2,1-4H3,(H,37,41)/t32-/m1/s1. The Labute approximate surface area is 264 Å². The Balaban J connectivity index is 1.82. The van der Waals surface area contributed by atoms with E-state index in [1.54, 1.807) is 54.6 Å². The molecule has 10 heteroatoms. The minimum absolute atomic E-state index is 0.0133. The van der Waals surface area contributed by atoms with E-state index in [0.717, 1.165) is 9.87 Å². The zero-order chi connectivity index (χ0) is 32.6. The van der Waals surface area contributed by atoms with Gasteiger partial charge in [0, 0.05) is 24.1 Å². The third-order valence-electron chi connectivity index (χ3n) is 7.04. The quantitative estimate of drug-likeness (QED) is 0.220. The van der Waals surface area contributed by atoms with Gasteiger partial charge in [-0.25, -0.2) is 12.8 Å². The van der Waals surface area contributed by atoms with Crippen LogP contribution in [0.1, 0.15) is 31.9 Å². The molecule has 0 aliphatic heterocycles. The first-order valence-corrected chi connectivity index (χ1v) is 15.9. The molecule has 0 heterocycles. The number of methoxy groups -OCH3 is 1. The molecule has 2 amide bonds. The number of rotatable bonds is 12. The topological polar surface area (TPSA) is 96.0 Å². The highest BCUT2D eigenvalue weighted by Crippen LogP contribution is 2.27. The minimum atomic E-state index is -4.25. The summed E-state index contributed by atoms with van der Waals surface area (Å²) >= 11 is 0. The smallest absolute Gasteiger partial charge is 0.264 e. The molecule has 236 valence electrons. The maximum atomic E-state index is 15.0. The number of sulfonamides is 1. The second-order valence-corrected chi connectivity index (χ2v) is 13.4. The predicted octanol–water partition coefficient (Wildman–Crippen LogP) is 5.58. The monoisotopic (exact) mass is 631 g/mol. The van der Waals surface area contributed by atoms with Gasteiger partial charge in [0.05, 0.1) is 17.7 Å². The second-order valence-electron chi connectivity index (χ2n) is 11.6. The molecule has 4 aromatic carbocycles. The fraction of sp³-hybridized carbons (Fsp3) is 0.257. The number of nitrogens with zero attached hydrogens (tertiary/aromatic N) is 2. The zero-order valence-electron chi connectivity index (χ0n) is 25.8. The van der Waals surface area contributed by atoms with Gasteiger partial charge in [0.2, 0.25) is 11.8 Å². The van der Waals surface area contributed by atoms with Crippen LogP contribution in [0, 0.1) is 5.82 Å². The third kappa shape index (κ3) is 8.69. The number of ether oxygens (including phenoxy) is 1. The molecule has 1 atom stereocenters. The van der Waals surface area contributed by atoms with Crippen molar-refractivity contribution in [3.63, 3.8) is 0 Å². The number of hydrogen-bond acceptors (Lipinski definition) is 5. The van der Waals surface area contributed by atoms with E-state index >= 15 is 4.39 Å². The summed E-state index contributed by atoms with van der Waals surface area (Å²) in [5.74, 6) is -1.17. The summed E-state index contributed by atoms with van der Waals surface area (Å²) in [5.41, 5.74) is 0.554. The average Bonchev–Trinajstić information content (AvgIpc) is 3.02. The van der Waals surface area contributed by atoms with E-state index in [0.29, 0.717) is 5.75 Å². The molecule has 0 bridgehead atoms. The molecule has 0 saturated heterocycles. The van der Waals surface area contributed by atoms with Crippen LogP contribution in [-0.2, 0) is 32.6 Å². The lowest BCUT2D eigenvalue weighted by molar-refractivity contribution is -0.140. The summed E-state index contributed by atoms with van der Waals surface area (Å²) < 4.78 is 49.3. The van der Waals surface area contributed by atoms with Gasteiger partial charge in [0.1, 0.15) is 24.2 Å². The van der Waals surface area contributed by atoms with Crippen LogP contribution >= 0.6 is 0 Å². The SMILES string of the molecule is COc1ccc(N(CC(=O)N(Cc2ccccc2F)[C@H](Cc2ccccc2)C(=O)NC(C)(C)C)S(=O)(=O)c2ccccc2)cc1. The second kappa shape index (κ2) is 14.4. The van der Waals surface area contributed by atoms with Gasteiger partial charge in [-0.1, -0.05) is 66.7 Å². The molecule has 4 aromatic rings. The van der Waals surface area contributed by atoms with Crippen LogP contribution in [0.25, 0.3) is 0 Å². The lowest BCUT2D eigenvalue weighted by Crippen LogP contribution is -2.56. The van der Waals surface area contributed by atoms with Crippen LogP contribution in [0.5, 0.6) is 5.75 Å². The lowest BCUT2D eigenvalue weighted by Gasteiger charge is -2.35. The van der Waals surface area contributed by atoms with Gasteiger partial charge >= 0.3 is 0 Å². The number of benzene rings is 4. The molecular formula is C35H38FN3O5S. The van der Waals surface area contributed by atoms with Crippen molar-refractivity contribution in [1.29, 1.82) is 0 Å². The van der Waals surface area contributed by atoms with E-state index in [4.69, 9.17) is 4.74 Å². The molecule has 1 N–H and O–H groups in total. The van der Waals surface area contributed by atoms with Crippen LogP contribution in [0.4, 0.5) is 10.1 Å². The molecule has 0 aromatic heterocycles. The number of anilines is 1. The number of carbonyl (C=O) groups is 2. The van der Waals surface area contributed by atoms with Crippen LogP contribution in [0.15, 0.2) is 114 Å². The van der Waals surface area contributed by atoms with Crippen LogP contribution < -0.4 is 14.4 Å². The van der Waals surface area contributed by atoms with Crippen molar-refractivity contribution in [3.05, 3.63) is 126 Å². The minimum Gasteiger partial charge on any atom is -0.497 e. The number of nitrogens with one attached hydrogen (secondary N) is 1. The molecule has 0 aliphatic rings. The van der Waals surface area contributed by atoms with Crippen molar-refractivity contribution in [3.8, 4) is 5.75 Å². The van der Waals surface area contributed by atoms with Crippen molar-refractivity contribution in [1.82, 2.24) is 10.2 Å². The van der Waals surface area contributed by atoms with Gasteiger partial charge < -0.3 is 15.0 Å². The first-order chi connectivity index (χ1) is 21.4. The van der Waals surface area contributed by atoms with Crippen molar-refractivity contribution < 1.29 is 27.1 Å². The maximum Gasteiger partial charge on any atom is 0.264 e. The summed E-state index contributed by atoms with van der Waals surface area (Å²) in [4.78, 5) is 29.6. The van der Waals surface area contributed by atoms with Crippen molar-refractivity contribution >= 4 is 27.5 Å². The molecular weight excluding hydrogens is 593 g/mol. The van der Waals surface area contributed by atoms with Crippen molar-refractivity contribution in [2.75, 3.05) is 18.0 Å². The molecule has 45 heavy (non-hydrogen) atoms. The molecule has 4 rings (SSSR count). The maximum absolute atomic E-state index is 15.0. The van der Waals surface area contributed by atoms with Gasteiger partial charge in [-0.15, -0.1) is 0 Å². The van der Waals surface area contributed by atoms with E-state index in [1.807, 2.05) is 51.1 Å². The summed E-state index contributed by atoms with van der Waals surface area (Å²) in [6.45, 7) is 4.57. The van der Waals surface area contributed by atoms with Crippen molar-refractivity contribution in [2.24, 2.45) is 0 Å². The fourth-order valence-electron chi connectivity index (χ4n) is 4.81. The number of hydrogen-bond donors (Lipinski definition) is 1. The largest absolute Gasteiger partial charge is 0.497 e. The first kappa shape index (κ1) is 33.2. The first-order valence-electron chi connectivity index (χ1n) is 14.5. The summed E-state index contributed by atoms with van der Waals surface area (Å²) in [6, 6.07) is 28.2. The molecule has 0 aliphatic carbocycles. The Kier molecular flexibility index (Phi) is 10.6. The predicted molar refractivity (Wildman–Crippen MR) is 173 cm³/mol. The van der Waals surface area contributed by atoms with E-state index in [1.165, 1.54) is 36.3 Å². The van der Waals surface area contributed by atoms with E-state index in [2.05, 4.69) is 5.32 Å². The Bertz CT molecular complexity index is 1690. The Hall–Kier alpha value is -4.70. The molecule has 0 spiro atoms. The van der Waals surface area contributed by atoms with Crippen molar-refractivity contribution in [2.45, 2.75) is 50.2 Å². The van der Waals surface area contributed by atoms with Gasteiger partial charge in [-0.2, -0.15) is 0 Å². The Morgan fingerprint density at radius 1 is 0.844 bits per heavy atom. The normalized spacial score (nSPS) is 12.2. The van der Waals surface area contributed by atoms with Crippen LogP contribution in [-0.4, -0.2) is 50.4 Å². The van der Waals surface area contributed by atoms with Gasteiger partial charge in [0.25, 0.3) is 10.0 Å². The Morgan fingerprint density at radius 2 is 1.42 bits per heavy atom. The summed E-state index contributed by atoms with van der Waals surface area (Å²) in [6.07, 6.45) is 0.122. The molecule has 8 nitrogen and oxygen atoms in total. The highest BCUT2D eigenvalue weighted by atomic mass is 32.2. The lowest BCUT2D eigenvalue weighted by atomic mass is 10.0. The summed E-state index contributed by atoms with van der Waals surface area (Å²) in [5, 5.41) is 2.96. The summed E-state index contributed by atoms with van der Waals surface area (Å²) in [7, 11) is -2.75.